The minimum Gasteiger partial charge on any atom is -0.435 e. The van der Waals surface area contributed by atoms with E-state index in [0.29, 0.717) is 5.92 Å². The molecule has 0 spiro atoms. The van der Waals surface area contributed by atoms with Crippen LogP contribution in [0, 0.1) is 5.92 Å². The van der Waals surface area contributed by atoms with E-state index in [1.807, 2.05) is 12.1 Å². The van der Waals surface area contributed by atoms with Gasteiger partial charge < -0.3 is 4.74 Å². The molecule has 0 saturated heterocycles. The van der Waals surface area contributed by atoms with Gasteiger partial charge in [-0.05, 0) is 72.8 Å². The highest BCUT2D eigenvalue weighted by atomic mass is 19.3. The number of ether oxygens (including phenoxy) is 1. The zero-order valence-corrected chi connectivity index (χ0v) is 16.2. The molecule has 3 heteroatoms. The fourth-order valence-corrected chi connectivity index (χ4v) is 4.21. The molecular formula is C24H30F2O. The van der Waals surface area contributed by atoms with Crippen LogP contribution in [-0.2, 0) is 6.42 Å². The first-order chi connectivity index (χ1) is 13.1. The lowest BCUT2D eigenvalue weighted by molar-refractivity contribution is -0.0498. The first-order valence-corrected chi connectivity index (χ1v) is 10.3. The topological polar surface area (TPSA) is 9.23 Å². The van der Waals surface area contributed by atoms with Crippen molar-refractivity contribution in [1.29, 1.82) is 0 Å². The Labute approximate surface area is 161 Å². The van der Waals surface area contributed by atoms with E-state index in [1.54, 1.807) is 12.1 Å². The highest BCUT2D eigenvalue weighted by Gasteiger charge is 2.21. The van der Waals surface area contributed by atoms with Crippen LogP contribution in [-0.4, -0.2) is 6.61 Å². The van der Waals surface area contributed by atoms with Gasteiger partial charge in [0.25, 0.3) is 0 Å². The molecule has 27 heavy (non-hydrogen) atoms. The highest BCUT2D eigenvalue weighted by Crippen LogP contribution is 2.37. The molecule has 0 heterocycles. The Morgan fingerprint density at radius 2 is 1.48 bits per heavy atom. The van der Waals surface area contributed by atoms with Crippen LogP contribution in [0.25, 0.3) is 0 Å². The van der Waals surface area contributed by atoms with Crippen LogP contribution in [0.3, 0.4) is 0 Å². The van der Waals surface area contributed by atoms with Crippen molar-refractivity contribution in [3.8, 4) is 5.75 Å². The maximum absolute atomic E-state index is 12.2. The Balaban J connectivity index is 1.52. The predicted molar refractivity (Wildman–Crippen MR) is 107 cm³/mol. The maximum atomic E-state index is 12.2. The number of benzene rings is 2. The normalized spacial score (nSPS) is 20.0. The SMILES string of the molecule is CCCCC1CCC(c2ccc(Cc3ccc(OC(F)F)cc3)cc2)CC1. The van der Waals surface area contributed by atoms with Crippen molar-refractivity contribution in [2.45, 2.75) is 70.8 Å². The molecule has 0 bridgehead atoms. The zero-order valence-electron chi connectivity index (χ0n) is 16.2. The van der Waals surface area contributed by atoms with Gasteiger partial charge in [-0.3, -0.25) is 0 Å². The van der Waals surface area contributed by atoms with Gasteiger partial charge in [-0.15, -0.1) is 0 Å². The molecule has 0 aromatic heterocycles. The van der Waals surface area contributed by atoms with Gasteiger partial charge in [0.2, 0.25) is 0 Å². The van der Waals surface area contributed by atoms with Crippen LogP contribution in [0.15, 0.2) is 48.5 Å². The molecule has 3 rings (SSSR count). The minimum atomic E-state index is -2.77. The summed E-state index contributed by atoms with van der Waals surface area (Å²) >= 11 is 0. The maximum Gasteiger partial charge on any atom is 0.387 e. The summed E-state index contributed by atoms with van der Waals surface area (Å²) in [6.07, 6.45) is 10.3. The molecule has 0 amide bonds. The predicted octanol–water partition coefficient (Wildman–Crippen LogP) is 7.34. The number of alkyl halides is 2. The van der Waals surface area contributed by atoms with E-state index < -0.39 is 6.61 Å². The average molecular weight is 372 g/mol. The van der Waals surface area contributed by atoms with Gasteiger partial charge in [-0.1, -0.05) is 62.6 Å². The van der Waals surface area contributed by atoms with Crippen molar-refractivity contribution in [3.05, 3.63) is 65.2 Å². The van der Waals surface area contributed by atoms with Gasteiger partial charge in [0.15, 0.2) is 0 Å². The van der Waals surface area contributed by atoms with Gasteiger partial charge in [0, 0.05) is 0 Å². The van der Waals surface area contributed by atoms with Gasteiger partial charge in [-0.25, -0.2) is 0 Å². The molecule has 0 N–H and O–H groups in total. The third-order valence-electron chi connectivity index (χ3n) is 5.82. The van der Waals surface area contributed by atoms with Crippen LogP contribution in [0.1, 0.15) is 74.5 Å². The molecule has 2 aromatic rings. The highest BCUT2D eigenvalue weighted by molar-refractivity contribution is 5.33. The Kier molecular flexibility index (Phi) is 7.25. The van der Waals surface area contributed by atoms with E-state index in [9.17, 15) is 8.78 Å². The van der Waals surface area contributed by atoms with Crippen molar-refractivity contribution < 1.29 is 13.5 Å². The molecule has 0 radical (unpaired) electrons. The Bertz CT molecular complexity index is 671. The Morgan fingerprint density at radius 1 is 0.889 bits per heavy atom. The van der Waals surface area contributed by atoms with Crippen LogP contribution in [0.4, 0.5) is 8.78 Å². The van der Waals surface area contributed by atoms with Crippen LogP contribution >= 0.6 is 0 Å². The number of rotatable bonds is 8. The summed E-state index contributed by atoms with van der Waals surface area (Å²) in [6.45, 7) is -0.497. The van der Waals surface area contributed by atoms with Crippen molar-refractivity contribution >= 4 is 0 Å². The second-order valence-corrected chi connectivity index (χ2v) is 7.80. The summed E-state index contributed by atoms with van der Waals surface area (Å²) in [4.78, 5) is 0. The molecule has 0 atom stereocenters. The fraction of sp³-hybridized carbons (Fsp3) is 0.500. The fourth-order valence-electron chi connectivity index (χ4n) is 4.21. The van der Waals surface area contributed by atoms with Gasteiger partial charge in [0.1, 0.15) is 5.75 Å². The largest absolute Gasteiger partial charge is 0.435 e. The number of hydrogen-bond donors (Lipinski definition) is 0. The lowest BCUT2D eigenvalue weighted by Gasteiger charge is -2.29. The average Bonchev–Trinajstić information content (AvgIpc) is 2.68. The van der Waals surface area contributed by atoms with Crippen molar-refractivity contribution in [3.63, 3.8) is 0 Å². The summed E-state index contributed by atoms with van der Waals surface area (Å²) < 4.78 is 28.8. The van der Waals surface area contributed by atoms with Crippen molar-refractivity contribution in [2.75, 3.05) is 0 Å². The molecule has 1 aliphatic carbocycles. The van der Waals surface area contributed by atoms with Crippen LogP contribution in [0.5, 0.6) is 5.75 Å². The molecule has 1 saturated carbocycles. The third-order valence-corrected chi connectivity index (χ3v) is 5.82. The first-order valence-electron chi connectivity index (χ1n) is 10.3. The first kappa shape index (κ1) is 19.9. The van der Waals surface area contributed by atoms with Crippen LogP contribution < -0.4 is 4.74 Å². The Morgan fingerprint density at radius 3 is 2.04 bits per heavy atom. The van der Waals surface area contributed by atoms with E-state index in [2.05, 4.69) is 35.9 Å². The molecule has 1 fully saturated rings. The van der Waals surface area contributed by atoms with Gasteiger partial charge >= 0.3 is 6.61 Å². The van der Waals surface area contributed by atoms with E-state index in [1.165, 1.54) is 56.1 Å². The summed E-state index contributed by atoms with van der Waals surface area (Å²) in [5.41, 5.74) is 3.81. The molecule has 1 aliphatic rings. The summed E-state index contributed by atoms with van der Waals surface area (Å²) in [6, 6.07) is 15.9. The number of unbranched alkanes of at least 4 members (excludes halogenated alkanes) is 1. The minimum absolute atomic E-state index is 0.207. The molecular weight excluding hydrogens is 342 g/mol. The second kappa shape index (κ2) is 9.87. The molecule has 0 unspecified atom stereocenters. The summed E-state index contributed by atoms with van der Waals surface area (Å²) in [7, 11) is 0. The smallest absolute Gasteiger partial charge is 0.387 e. The molecule has 2 aromatic carbocycles. The van der Waals surface area contributed by atoms with E-state index in [4.69, 9.17) is 0 Å². The Hall–Kier alpha value is -1.90. The summed E-state index contributed by atoms with van der Waals surface area (Å²) in [5, 5.41) is 0. The number of halogens is 2. The summed E-state index contributed by atoms with van der Waals surface area (Å²) in [5.74, 6) is 1.86. The molecule has 0 aliphatic heterocycles. The number of hydrogen-bond acceptors (Lipinski definition) is 1. The quantitative estimate of drug-likeness (QED) is 0.471. The van der Waals surface area contributed by atoms with Gasteiger partial charge in [-0.2, -0.15) is 8.78 Å². The van der Waals surface area contributed by atoms with Crippen LogP contribution in [0.2, 0.25) is 0 Å². The van der Waals surface area contributed by atoms with E-state index in [0.717, 1.165) is 17.9 Å². The zero-order chi connectivity index (χ0) is 19.1. The van der Waals surface area contributed by atoms with Gasteiger partial charge in [0.05, 0.1) is 0 Å². The lowest BCUT2D eigenvalue weighted by atomic mass is 9.77. The molecule has 1 nitrogen and oxygen atoms in total. The second-order valence-electron chi connectivity index (χ2n) is 7.80. The monoisotopic (exact) mass is 372 g/mol. The van der Waals surface area contributed by atoms with Crippen molar-refractivity contribution in [2.24, 2.45) is 5.92 Å². The lowest BCUT2D eigenvalue weighted by Crippen LogP contribution is -2.13. The third kappa shape index (κ3) is 6.05. The van der Waals surface area contributed by atoms with Crippen molar-refractivity contribution in [1.82, 2.24) is 0 Å². The van der Waals surface area contributed by atoms with E-state index >= 15 is 0 Å². The van der Waals surface area contributed by atoms with E-state index in [-0.39, 0.29) is 5.75 Å². The molecule has 146 valence electrons. The standard InChI is InChI=1S/C24H30F2O/c1-2-3-4-18-5-11-21(12-6-18)22-13-7-19(8-14-22)17-20-9-15-23(16-10-20)27-24(25)26/h7-10,13-16,18,21,24H,2-6,11-12,17H2,1H3.